The standard InChI is InChI=1S/C24H32N2O4S/c1-5-17(2)14-25(18(3)27)15-24(28)26-12-10-23-19(11-13-31-23)20(26)16-30-22-9-7-6-8-21(22)29-4/h6-9,11,13,17,20H,5,10,12,14-16H2,1-4H3/t17-,20+/m0/s1. The van der Waals surface area contributed by atoms with Gasteiger partial charge in [0, 0.05) is 24.9 Å². The summed E-state index contributed by atoms with van der Waals surface area (Å²) < 4.78 is 11.5. The van der Waals surface area contributed by atoms with Gasteiger partial charge in [0.25, 0.3) is 0 Å². The van der Waals surface area contributed by atoms with Gasteiger partial charge in [-0.3, -0.25) is 9.59 Å². The minimum absolute atomic E-state index is 0.0380. The Morgan fingerprint density at radius 1 is 1.26 bits per heavy atom. The van der Waals surface area contributed by atoms with Crippen molar-refractivity contribution >= 4 is 23.2 Å². The second kappa shape index (κ2) is 10.7. The molecule has 6 nitrogen and oxygen atoms in total. The number of hydrogen-bond acceptors (Lipinski definition) is 5. The van der Waals surface area contributed by atoms with Crippen molar-refractivity contribution in [1.29, 1.82) is 0 Å². The number of methoxy groups -OCH3 is 1. The molecule has 0 radical (unpaired) electrons. The highest BCUT2D eigenvalue weighted by Crippen LogP contribution is 2.35. The van der Waals surface area contributed by atoms with E-state index in [0.717, 1.165) is 18.4 Å². The molecule has 0 unspecified atom stereocenters. The van der Waals surface area contributed by atoms with Crippen LogP contribution in [0.2, 0.25) is 0 Å². The maximum atomic E-state index is 13.3. The van der Waals surface area contributed by atoms with Gasteiger partial charge in [0.1, 0.15) is 6.61 Å². The average molecular weight is 445 g/mol. The number of thiophene rings is 1. The largest absolute Gasteiger partial charge is 0.493 e. The van der Waals surface area contributed by atoms with Crippen molar-refractivity contribution in [3.8, 4) is 11.5 Å². The first kappa shape index (κ1) is 23.1. The number of rotatable bonds is 9. The lowest BCUT2D eigenvalue weighted by atomic mass is 10.00. The third kappa shape index (κ3) is 5.58. The molecule has 1 aromatic carbocycles. The van der Waals surface area contributed by atoms with E-state index in [2.05, 4.69) is 25.3 Å². The van der Waals surface area contributed by atoms with Gasteiger partial charge in [0.05, 0.1) is 19.7 Å². The lowest BCUT2D eigenvalue weighted by Crippen LogP contribution is -2.48. The number of para-hydroxylation sites is 2. The van der Waals surface area contributed by atoms with Crippen LogP contribution in [-0.2, 0) is 16.0 Å². The van der Waals surface area contributed by atoms with Crippen LogP contribution in [0.3, 0.4) is 0 Å². The molecule has 1 aliphatic heterocycles. The number of nitrogens with zero attached hydrogens (tertiary/aromatic N) is 2. The summed E-state index contributed by atoms with van der Waals surface area (Å²) in [5.74, 6) is 1.57. The Balaban J connectivity index is 1.77. The minimum atomic E-state index is -0.190. The number of carbonyl (C=O) groups excluding carboxylic acids is 2. The first-order chi connectivity index (χ1) is 14.9. The van der Waals surface area contributed by atoms with E-state index in [-0.39, 0.29) is 24.4 Å². The van der Waals surface area contributed by atoms with E-state index in [9.17, 15) is 9.59 Å². The van der Waals surface area contributed by atoms with E-state index in [1.54, 1.807) is 23.3 Å². The van der Waals surface area contributed by atoms with Crippen LogP contribution < -0.4 is 9.47 Å². The molecule has 1 aromatic heterocycles. The van der Waals surface area contributed by atoms with Crippen molar-refractivity contribution in [2.24, 2.45) is 5.92 Å². The summed E-state index contributed by atoms with van der Waals surface area (Å²) in [5, 5.41) is 2.07. The van der Waals surface area contributed by atoms with Crippen LogP contribution in [0.5, 0.6) is 11.5 Å². The lowest BCUT2D eigenvalue weighted by Gasteiger charge is -2.37. The molecule has 0 saturated carbocycles. The molecule has 0 spiro atoms. The summed E-state index contributed by atoms with van der Waals surface area (Å²) in [6.45, 7) is 7.39. The second-order valence-electron chi connectivity index (χ2n) is 8.03. The number of ether oxygens (including phenoxy) is 2. The van der Waals surface area contributed by atoms with Gasteiger partial charge in [-0.2, -0.15) is 0 Å². The molecule has 7 heteroatoms. The van der Waals surface area contributed by atoms with Crippen molar-refractivity contribution in [3.63, 3.8) is 0 Å². The van der Waals surface area contributed by atoms with Gasteiger partial charge in [-0.15, -0.1) is 11.3 Å². The quantitative estimate of drug-likeness (QED) is 0.583. The van der Waals surface area contributed by atoms with E-state index in [1.165, 1.54) is 11.8 Å². The predicted molar refractivity (Wildman–Crippen MR) is 123 cm³/mol. The van der Waals surface area contributed by atoms with Gasteiger partial charge >= 0.3 is 0 Å². The summed E-state index contributed by atoms with van der Waals surface area (Å²) >= 11 is 1.72. The Labute approximate surface area is 188 Å². The number of carbonyl (C=O) groups is 2. The molecule has 0 fully saturated rings. The Morgan fingerprint density at radius 2 is 2.00 bits per heavy atom. The van der Waals surface area contributed by atoms with Crippen LogP contribution in [0.4, 0.5) is 0 Å². The molecular formula is C24H32N2O4S. The van der Waals surface area contributed by atoms with E-state index in [1.807, 2.05) is 29.2 Å². The predicted octanol–water partition coefficient (Wildman–Crippen LogP) is 4.16. The normalized spacial score (nSPS) is 16.4. The molecule has 1 aliphatic rings. The summed E-state index contributed by atoms with van der Waals surface area (Å²) in [7, 11) is 1.61. The summed E-state index contributed by atoms with van der Waals surface area (Å²) in [4.78, 5) is 30.3. The molecule has 2 heterocycles. The zero-order valence-corrected chi connectivity index (χ0v) is 19.6. The van der Waals surface area contributed by atoms with E-state index in [0.29, 0.717) is 37.1 Å². The molecule has 168 valence electrons. The fourth-order valence-corrected chi connectivity index (χ4v) is 4.77. The monoisotopic (exact) mass is 444 g/mol. The first-order valence-corrected chi connectivity index (χ1v) is 11.7. The third-order valence-electron chi connectivity index (χ3n) is 5.88. The first-order valence-electron chi connectivity index (χ1n) is 10.8. The number of benzene rings is 1. The Morgan fingerprint density at radius 3 is 2.68 bits per heavy atom. The molecule has 0 saturated heterocycles. The maximum absolute atomic E-state index is 13.3. The van der Waals surface area contributed by atoms with Crippen LogP contribution in [0.1, 0.15) is 43.7 Å². The molecule has 0 bridgehead atoms. The van der Waals surface area contributed by atoms with E-state index in [4.69, 9.17) is 9.47 Å². The minimum Gasteiger partial charge on any atom is -0.493 e. The van der Waals surface area contributed by atoms with Crippen molar-refractivity contribution in [1.82, 2.24) is 9.80 Å². The van der Waals surface area contributed by atoms with Crippen molar-refractivity contribution in [2.45, 2.75) is 39.7 Å². The van der Waals surface area contributed by atoms with Crippen LogP contribution in [0.15, 0.2) is 35.7 Å². The molecule has 2 aromatic rings. The Bertz CT molecular complexity index is 897. The van der Waals surface area contributed by atoms with Gasteiger partial charge < -0.3 is 19.3 Å². The molecule has 0 aliphatic carbocycles. The van der Waals surface area contributed by atoms with Crippen LogP contribution in [0.25, 0.3) is 0 Å². The lowest BCUT2D eigenvalue weighted by molar-refractivity contribution is -0.142. The van der Waals surface area contributed by atoms with Gasteiger partial charge in [-0.1, -0.05) is 32.4 Å². The van der Waals surface area contributed by atoms with Gasteiger partial charge in [-0.05, 0) is 41.5 Å². The van der Waals surface area contributed by atoms with Crippen LogP contribution >= 0.6 is 11.3 Å². The molecular weight excluding hydrogens is 412 g/mol. The third-order valence-corrected chi connectivity index (χ3v) is 6.88. The van der Waals surface area contributed by atoms with Crippen molar-refractivity contribution in [3.05, 3.63) is 46.2 Å². The van der Waals surface area contributed by atoms with Crippen molar-refractivity contribution in [2.75, 3.05) is 33.4 Å². The molecule has 2 amide bonds. The topological polar surface area (TPSA) is 59.1 Å². The molecule has 0 N–H and O–H groups in total. The van der Waals surface area contributed by atoms with Crippen molar-refractivity contribution < 1.29 is 19.1 Å². The number of hydrogen-bond donors (Lipinski definition) is 0. The average Bonchev–Trinajstić information content (AvgIpc) is 3.25. The maximum Gasteiger partial charge on any atom is 0.242 e. The fourth-order valence-electron chi connectivity index (χ4n) is 3.85. The van der Waals surface area contributed by atoms with E-state index < -0.39 is 0 Å². The number of amides is 2. The SMILES string of the molecule is CC[C@H](C)CN(CC(=O)N1CCc2sccc2[C@H]1COc1ccccc1OC)C(C)=O. The molecule has 3 rings (SSSR count). The summed E-state index contributed by atoms with van der Waals surface area (Å²) in [5.41, 5.74) is 1.13. The highest BCUT2D eigenvalue weighted by atomic mass is 32.1. The smallest absolute Gasteiger partial charge is 0.242 e. The zero-order valence-electron chi connectivity index (χ0n) is 18.8. The molecule has 2 atom stereocenters. The van der Waals surface area contributed by atoms with E-state index >= 15 is 0 Å². The summed E-state index contributed by atoms with van der Waals surface area (Å²) in [6.07, 6.45) is 1.80. The van der Waals surface area contributed by atoms with Gasteiger partial charge in [0.15, 0.2) is 11.5 Å². The van der Waals surface area contributed by atoms with Gasteiger partial charge in [-0.25, -0.2) is 0 Å². The highest BCUT2D eigenvalue weighted by molar-refractivity contribution is 7.10. The van der Waals surface area contributed by atoms with Gasteiger partial charge in [0.2, 0.25) is 11.8 Å². The zero-order chi connectivity index (χ0) is 22.4. The second-order valence-corrected chi connectivity index (χ2v) is 9.03. The van der Waals surface area contributed by atoms with Crippen LogP contribution in [-0.4, -0.2) is 55.0 Å². The fraction of sp³-hybridized carbons (Fsp3) is 0.500. The Hall–Kier alpha value is -2.54. The molecule has 31 heavy (non-hydrogen) atoms. The number of fused-ring (bicyclic) bond motifs is 1. The summed E-state index contributed by atoms with van der Waals surface area (Å²) in [6, 6.07) is 9.41. The highest BCUT2D eigenvalue weighted by Gasteiger charge is 2.33. The Kier molecular flexibility index (Phi) is 7.96. The van der Waals surface area contributed by atoms with Crippen LogP contribution in [0, 0.1) is 5.92 Å².